The molecule has 0 unspecified atom stereocenters. The van der Waals surface area contributed by atoms with Gasteiger partial charge < -0.3 is 5.32 Å². The van der Waals surface area contributed by atoms with Gasteiger partial charge >= 0.3 is 5.69 Å². The molecule has 140 valence electrons. The number of carbonyl (C=O) groups is 1. The van der Waals surface area contributed by atoms with Gasteiger partial charge in [-0.05, 0) is 12.1 Å². The minimum Gasteiger partial charge on any atom is -0.361 e. The van der Waals surface area contributed by atoms with Crippen molar-refractivity contribution in [3.63, 3.8) is 0 Å². The fourth-order valence-corrected chi connectivity index (χ4v) is 2.11. The Morgan fingerprint density at radius 1 is 1.22 bits per heavy atom. The van der Waals surface area contributed by atoms with Crippen molar-refractivity contribution in [2.45, 2.75) is 0 Å². The second-order valence-electron chi connectivity index (χ2n) is 4.85. The van der Waals surface area contributed by atoms with E-state index in [4.69, 9.17) is 11.6 Å². The van der Waals surface area contributed by atoms with Gasteiger partial charge in [0, 0.05) is 18.2 Å². The van der Waals surface area contributed by atoms with Gasteiger partial charge in [-0.1, -0.05) is 17.7 Å². The number of nitro benzene ring substituents is 1. The molecule has 0 saturated carbocycles. The van der Waals surface area contributed by atoms with Gasteiger partial charge in [-0.2, -0.15) is 0 Å². The number of carbonyl (C=O) groups excluding carboxylic acids is 1. The third-order valence-electron chi connectivity index (χ3n) is 3.12. The van der Waals surface area contributed by atoms with E-state index in [1.165, 1.54) is 18.2 Å². The zero-order valence-corrected chi connectivity index (χ0v) is 14.3. The molecule has 0 aliphatic carbocycles. The highest BCUT2D eigenvalue weighted by Gasteiger charge is 2.23. The number of rotatable bonds is 8. The standard InChI is InChI=1S/C14H12ClN7O5/c1-2-5-16-12-11(22(26)27)13(18-7-17-12)19-20-14(23)8-3-4-9(15)10(6-8)21(24)25/h2-4,6-7H,1,5H2,(H,20,23)(H2,16,17,18,19). The Bertz CT molecular complexity index is 921. The second kappa shape index (κ2) is 8.53. The lowest BCUT2D eigenvalue weighted by atomic mass is 10.2. The predicted octanol–water partition coefficient (Wildman–Crippen LogP) is 2.30. The van der Waals surface area contributed by atoms with Crippen LogP contribution in [0.25, 0.3) is 0 Å². The van der Waals surface area contributed by atoms with E-state index in [1.54, 1.807) is 0 Å². The van der Waals surface area contributed by atoms with Crippen LogP contribution in [0, 0.1) is 20.2 Å². The number of hydrogen-bond acceptors (Lipinski definition) is 9. The van der Waals surface area contributed by atoms with Gasteiger partial charge in [0.2, 0.25) is 11.6 Å². The predicted molar refractivity (Wildman–Crippen MR) is 96.6 cm³/mol. The highest BCUT2D eigenvalue weighted by atomic mass is 35.5. The van der Waals surface area contributed by atoms with E-state index in [0.29, 0.717) is 0 Å². The molecule has 0 bridgehead atoms. The molecule has 0 aliphatic rings. The van der Waals surface area contributed by atoms with Crippen LogP contribution in [0.15, 0.2) is 37.2 Å². The molecule has 13 heteroatoms. The Balaban J connectivity index is 2.22. The molecular weight excluding hydrogens is 382 g/mol. The molecule has 2 aromatic rings. The topological polar surface area (TPSA) is 165 Å². The molecule has 12 nitrogen and oxygen atoms in total. The lowest BCUT2D eigenvalue weighted by Gasteiger charge is -2.10. The zero-order valence-electron chi connectivity index (χ0n) is 13.5. The minimum atomic E-state index is -0.789. The molecule has 1 amide bonds. The molecular formula is C14H12ClN7O5. The summed E-state index contributed by atoms with van der Waals surface area (Å²) >= 11 is 5.69. The number of halogens is 1. The van der Waals surface area contributed by atoms with Crippen molar-refractivity contribution in [1.82, 2.24) is 15.4 Å². The number of benzene rings is 1. The number of aromatic nitrogens is 2. The first-order valence-corrected chi connectivity index (χ1v) is 7.57. The molecule has 0 aliphatic heterocycles. The molecule has 0 saturated heterocycles. The Kier molecular flexibility index (Phi) is 6.17. The quantitative estimate of drug-likeness (QED) is 0.346. The molecule has 27 heavy (non-hydrogen) atoms. The Morgan fingerprint density at radius 2 is 1.93 bits per heavy atom. The van der Waals surface area contributed by atoms with E-state index < -0.39 is 27.1 Å². The van der Waals surface area contributed by atoms with Crippen LogP contribution in [0.4, 0.5) is 23.0 Å². The number of nitrogens with zero attached hydrogens (tertiary/aromatic N) is 4. The van der Waals surface area contributed by atoms with Crippen LogP contribution in [0.3, 0.4) is 0 Å². The molecule has 1 aromatic heterocycles. The average Bonchev–Trinajstić information content (AvgIpc) is 2.64. The largest absolute Gasteiger partial charge is 0.361 e. The van der Waals surface area contributed by atoms with Crippen LogP contribution >= 0.6 is 11.6 Å². The number of nitro groups is 2. The number of amides is 1. The Labute approximate surface area is 156 Å². The molecule has 0 atom stereocenters. The molecule has 2 rings (SSSR count). The van der Waals surface area contributed by atoms with Crippen LogP contribution in [0.1, 0.15) is 10.4 Å². The van der Waals surface area contributed by atoms with Crippen LogP contribution in [0.5, 0.6) is 0 Å². The normalized spacial score (nSPS) is 9.96. The van der Waals surface area contributed by atoms with Gasteiger partial charge in [-0.25, -0.2) is 9.97 Å². The summed E-state index contributed by atoms with van der Waals surface area (Å²) in [6.45, 7) is 3.71. The van der Waals surface area contributed by atoms with E-state index in [2.05, 4.69) is 32.7 Å². The lowest BCUT2D eigenvalue weighted by molar-refractivity contribution is -0.384. The third-order valence-corrected chi connectivity index (χ3v) is 3.44. The average molecular weight is 394 g/mol. The zero-order chi connectivity index (χ0) is 20.0. The molecule has 0 radical (unpaired) electrons. The molecule has 3 N–H and O–H groups in total. The van der Waals surface area contributed by atoms with Crippen molar-refractivity contribution in [2.75, 3.05) is 17.3 Å². The van der Waals surface area contributed by atoms with Crippen molar-refractivity contribution >= 4 is 40.5 Å². The van der Waals surface area contributed by atoms with Gasteiger partial charge in [0.25, 0.3) is 11.6 Å². The highest BCUT2D eigenvalue weighted by Crippen LogP contribution is 2.28. The SMILES string of the molecule is C=CCNc1ncnc(NNC(=O)c2ccc(Cl)c([N+](=O)[O-])c2)c1[N+](=O)[O-]. The van der Waals surface area contributed by atoms with Gasteiger partial charge in [0.1, 0.15) is 11.3 Å². The van der Waals surface area contributed by atoms with Gasteiger partial charge in [0.15, 0.2) is 0 Å². The maximum atomic E-state index is 12.2. The van der Waals surface area contributed by atoms with Crippen LogP contribution < -0.4 is 16.2 Å². The first-order valence-electron chi connectivity index (χ1n) is 7.19. The van der Waals surface area contributed by atoms with E-state index in [1.807, 2.05) is 0 Å². The third kappa shape index (κ3) is 4.64. The minimum absolute atomic E-state index is 0.0752. The van der Waals surface area contributed by atoms with Crippen LogP contribution in [-0.4, -0.2) is 32.3 Å². The van der Waals surface area contributed by atoms with E-state index in [-0.39, 0.29) is 28.8 Å². The van der Waals surface area contributed by atoms with E-state index in [9.17, 15) is 25.0 Å². The lowest BCUT2D eigenvalue weighted by Crippen LogP contribution is -2.30. The van der Waals surface area contributed by atoms with E-state index >= 15 is 0 Å². The maximum Gasteiger partial charge on any atom is 0.354 e. The fraction of sp³-hybridized carbons (Fsp3) is 0.0714. The molecule has 0 fully saturated rings. The first kappa shape index (κ1) is 19.5. The van der Waals surface area contributed by atoms with Crippen molar-refractivity contribution in [1.29, 1.82) is 0 Å². The van der Waals surface area contributed by atoms with Gasteiger partial charge in [0.05, 0.1) is 9.85 Å². The summed E-state index contributed by atoms with van der Waals surface area (Å²) in [6.07, 6.45) is 2.54. The summed E-state index contributed by atoms with van der Waals surface area (Å²) in [4.78, 5) is 40.4. The number of hydrogen-bond donors (Lipinski definition) is 3. The summed E-state index contributed by atoms with van der Waals surface area (Å²) < 4.78 is 0. The second-order valence-corrected chi connectivity index (χ2v) is 5.26. The van der Waals surface area contributed by atoms with Crippen molar-refractivity contribution in [2.24, 2.45) is 0 Å². The molecule has 0 spiro atoms. The fourth-order valence-electron chi connectivity index (χ4n) is 1.92. The summed E-state index contributed by atoms with van der Waals surface area (Å²) in [6, 6.07) is 3.43. The monoisotopic (exact) mass is 393 g/mol. The van der Waals surface area contributed by atoms with Gasteiger partial charge in [-0.3, -0.25) is 35.9 Å². The number of anilines is 2. The van der Waals surface area contributed by atoms with Crippen molar-refractivity contribution < 1.29 is 14.6 Å². The summed E-state index contributed by atoms with van der Waals surface area (Å²) in [5, 5.41) is 24.7. The summed E-state index contributed by atoms with van der Waals surface area (Å²) in [5.74, 6) is -1.14. The smallest absolute Gasteiger partial charge is 0.354 e. The van der Waals surface area contributed by atoms with Crippen molar-refractivity contribution in [3.05, 3.63) is 68.0 Å². The van der Waals surface area contributed by atoms with Crippen LogP contribution in [-0.2, 0) is 0 Å². The van der Waals surface area contributed by atoms with E-state index in [0.717, 1.165) is 12.4 Å². The highest BCUT2D eigenvalue weighted by molar-refractivity contribution is 6.32. The molecule has 1 heterocycles. The first-order chi connectivity index (χ1) is 12.8. The van der Waals surface area contributed by atoms with Crippen molar-refractivity contribution in [3.8, 4) is 0 Å². The number of hydrazine groups is 1. The summed E-state index contributed by atoms with van der Waals surface area (Å²) in [7, 11) is 0. The Morgan fingerprint density at radius 3 is 2.56 bits per heavy atom. The Hall–Kier alpha value is -3.80. The van der Waals surface area contributed by atoms with Crippen LogP contribution in [0.2, 0.25) is 5.02 Å². The summed E-state index contributed by atoms with van der Waals surface area (Å²) in [5.41, 5.74) is 3.46. The number of nitrogens with one attached hydrogen (secondary N) is 3. The molecule has 1 aromatic carbocycles. The maximum absolute atomic E-state index is 12.2. The van der Waals surface area contributed by atoms with Gasteiger partial charge in [-0.15, -0.1) is 6.58 Å².